The summed E-state index contributed by atoms with van der Waals surface area (Å²) in [6.07, 6.45) is 10.7. The van der Waals surface area contributed by atoms with Gasteiger partial charge in [-0.25, -0.2) is 4.79 Å². The fourth-order valence-corrected chi connectivity index (χ4v) is 4.51. The molecule has 2 rings (SSSR count). The summed E-state index contributed by atoms with van der Waals surface area (Å²) in [5.74, 6) is -3.31. The Morgan fingerprint density at radius 2 is 1.51 bits per heavy atom. The van der Waals surface area contributed by atoms with E-state index in [2.05, 4.69) is 6.92 Å². The molecule has 1 aromatic carbocycles. The number of carbonyl (C=O) groups excluding carboxylic acids is 2. The lowest BCUT2D eigenvalue weighted by atomic mass is 10.0. The number of benzene rings is 1. The zero-order valence-corrected chi connectivity index (χ0v) is 22.9. The van der Waals surface area contributed by atoms with E-state index < -0.39 is 53.4 Å². The Kier molecular flexibility index (Phi) is 15.0. The average molecular weight is 550 g/mol. The zero-order valence-electron chi connectivity index (χ0n) is 22.9. The number of esters is 2. The highest BCUT2D eigenvalue weighted by Gasteiger charge is 2.45. The second-order valence-corrected chi connectivity index (χ2v) is 9.91. The maximum Gasteiger partial charge on any atom is 0.380 e. The van der Waals surface area contributed by atoms with Crippen LogP contribution in [0, 0.1) is 10.1 Å². The highest BCUT2D eigenvalue weighted by Crippen LogP contribution is 2.32. The number of hydrogen-bond acceptors (Lipinski definition) is 9. The van der Waals surface area contributed by atoms with Gasteiger partial charge in [0.1, 0.15) is 0 Å². The van der Waals surface area contributed by atoms with Gasteiger partial charge in [-0.3, -0.25) is 14.9 Å². The van der Waals surface area contributed by atoms with E-state index in [0.29, 0.717) is 6.42 Å². The van der Waals surface area contributed by atoms with Crippen LogP contribution in [0.2, 0.25) is 0 Å². The maximum absolute atomic E-state index is 12.4. The van der Waals surface area contributed by atoms with E-state index in [1.165, 1.54) is 69.9 Å². The Balaban J connectivity index is 1.74. The highest BCUT2D eigenvalue weighted by atomic mass is 16.7. The van der Waals surface area contributed by atoms with Crippen LogP contribution < -0.4 is 0 Å². The van der Waals surface area contributed by atoms with Crippen molar-refractivity contribution in [1.29, 1.82) is 0 Å². The molecule has 218 valence electrons. The Bertz CT molecular complexity index is 919. The molecule has 1 aliphatic heterocycles. The Morgan fingerprint density at radius 3 is 2.03 bits per heavy atom. The Labute approximate surface area is 230 Å². The molecule has 0 amide bonds. The van der Waals surface area contributed by atoms with Gasteiger partial charge in [-0.2, -0.15) is 0 Å². The van der Waals surface area contributed by atoms with Crippen molar-refractivity contribution < 1.29 is 38.9 Å². The molecule has 2 N–H and O–H groups in total. The van der Waals surface area contributed by atoms with Gasteiger partial charge in [0.15, 0.2) is 11.9 Å². The second-order valence-electron chi connectivity index (χ2n) is 9.91. The smallest absolute Gasteiger partial charge is 0.380 e. The van der Waals surface area contributed by atoms with Crippen molar-refractivity contribution in [2.24, 2.45) is 0 Å². The molecule has 0 saturated heterocycles. The molecular weight excluding hydrogens is 506 g/mol. The molecule has 0 spiro atoms. The largest absolute Gasteiger partial charge is 0.499 e. The van der Waals surface area contributed by atoms with Gasteiger partial charge in [0.05, 0.1) is 17.1 Å². The second kappa shape index (κ2) is 18.2. The molecule has 1 heterocycles. The van der Waals surface area contributed by atoms with Crippen molar-refractivity contribution in [3.05, 3.63) is 57.5 Å². The maximum atomic E-state index is 12.4. The lowest BCUT2D eigenvalue weighted by molar-refractivity contribution is -0.580. The van der Waals surface area contributed by atoms with Gasteiger partial charge in [-0.1, -0.05) is 102 Å². The number of unbranched alkanes of at least 4 members (excludes halogenated alkanes) is 12. The molecule has 0 aliphatic carbocycles. The number of aliphatic hydroxyl groups excluding tert-OH is 2. The summed E-state index contributed by atoms with van der Waals surface area (Å²) < 4.78 is 15.7. The van der Waals surface area contributed by atoms with Crippen LogP contribution >= 0.6 is 0 Å². The van der Waals surface area contributed by atoms with E-state index in [9.17, 15) is 29.9 Å². The summed E-state index contributed by atoms with van der Waals surface area (Å²) in [6, 6.07) is 7.73. The number of nitrogens with zero attached hydrogens (tertiary/aromatic N) is 1. The van der Waals surface area contributed by atoms with Crippen LogP contribution in [-0.4, -0.2) is 45.9 Å². The number of cyclic esters (lactones) is 1. The van der Waals surface area contributed by atoms with Crippen molar-refractivity contribution >= 4 is 11.9 Å². The van der Waals surface area contributed by atoms with Crippen molar-refractivity contribution in [1.82, 2.24) is 0 Å². The minimum absolute atomic E-state index is 0.113. The summed E-state index contributed by atoms with van der Waals surface area (Å²) in [4.78, 5) is 35.3. The molecule has 0 fully saturated rings. The standard InChI is InChI=1S/C29H43NO9/c1-2-3-4-5-6-7-8-9-10-11-12-13-17-20-24(32)37-23(21-31)26-27(25(33)29(34)39-26)38-28(30(35)36)22-18-15-14-16-19-22/h14-16,18-19,23,26,28,31,33H,2-13,17,20-21H2,1H3/t23-,26+,28?/m0/s1. The van der Waals surface area contributed by atoms with Crippen LogP contribution in [0.3, 0.4) is 0 Å². The molecule has 1 unspecified atom stereocenters. The van der Waals surface area contributed by atoms with Crippen LogP contribution in [0.5, 0.6) is 0 Å². The van der Waals surface area contributed by atoms with Gasteiger partial charge in [-0.15, -0.1) is 0 Å². The third-order valence-electron chi connectivity index (χ3n) is 6.72. The fourth-order valence-electron chi connectivity index (χ4n) is 4.51. The third-order valence-corrected chi connectivity index (χ3v) is 6.72. The number of ether oxygens (including phenoxy) is 3. The number of aliphatic hydroxyl groups is 2. The molecule has 0 radical (unpaired) electrons. The van der Waals surface area contributed by atoms with Crippen molar-refractivity contribution in [3.8, 4) is 0 Å². The van der Waals surface area contributed by atoms with Crippen LogP contribution in [0.1, 0.15) is 109 Å². The first-order valence-corrected chi connectivity index (χ1v) is 14.2. The Morgan fingerprint density at radius 1 is 0.974 bits per heavy atom. The first kappa shape index (κ1) is 32.1. The highest BCUT2D eigenvalue weighted by molar-refractivity contribution is 5.89. The van der Waals surface area contributed by atoms with E-state index in [-0.39, 0.29) is 12.0 Å². The molecule has 0 bridgehead atoms. The SMILES string of the molecule is CCCCCCCCCCCCCCCC(=O)O[C@@H](CO)[C@H]1OC(=O)C(O)=C1OC(c1ccccc1)[N+](=O)[O-]. The van der Waals surface area contributed by atoms with Crippen LogP contribution in [-0.2, 0) is 23.8 Å². The van der Waals surface area contributed by atoms with Gasteiger partial charge in [0.2, 0.25) is 11.9 Å². The first-order valence-electron chi connectivity index (χ1n) is 14.2. The summed E-state index contributed by atoms with van der Waals surface area (Å²) in [5.41, 5.74) is 0.167. The van der Waals surface area contributed by atoms with Crippen LogP contribution in [0.25, 0.3) is 0 Å². The summed E-state index contributed by atoms with van der Waals surface area (Å²) >= 11 is 0. The molecular formula is C29H43NO9. The molecule has 10 heteroatoms. The minimum atomic E-state index is -1.75. The summed E-state index contributed by atoms with van der Waals surface area (Å²) in [5, 5.41) is 31.6. The molecule has 0 aromatic heterocycles. The number of hydrogen-bond donors (Lipinski definition) is 2. The van der Waals surface area contributed by atoms with Crippen molar-refractivity contribution in [2.45, 2.75) is 115 Å². The van der Waals surface area contributed by atoms with Gasteiger partial charge >= 0.3 is 18.2 Å². The first-order chi connectivity index (χ1) is 18.9. The van der Waals surface area contributed by atoms with Crippen LogP contribution in [0.15, 0.2) is 41.9 Å². The quantitative estimate of drug-likeness (QED) is 0.0614. The molecule has 1 aromatic rings. The predicted molar refractivity (Wildman–Crippen MR) is 144 cm³/mol. The van der Waals surface area contributed by atoms with Gasteiger partial charge in [0, 0.05) is 6.42 Å². The van der Waals surface area contributed by atoms with Crippen molar-refractivity contribution in [2.75, 3.05) is 6.61 Å². The zero-order chi connectivity index (χ0) is 28.5. The average Bonchev–Trinajstić information content (AvgIpc) is 3.21. The van der Waals surface area contributed by atoms with Crippen molar-refractivity contribution in [3.63, 3.8) is 0 Å². The monoisotopic (exact) mass is 549 g/mol. The Hall–Kier alpha value is -3.14. The normalized spacial score (nSPS) is 16.6. The van der Waals surface area contributed by atoms with E-state index in [0.717, 1.165) is 19.3 Å². The van der Waals surface area contributed by atoms with E-state index in [4.69, 9.17) is 14.2 Å². The molecule has 3 atom stereocenters. The number of rotatable bonds is 21. The summed E-state index contributed by atoms with van der Waals surface area (Å²) in [7, 11) is 0. The van der Waals surface area contributed by atoms with Gasteiger partial charge in [0.25, 0.3) is 0 Å². The number of nitro groups is 1. The van der Waals surface area contributed by atoms with E-state index >= 15 is 0 Å². The van der Waals surface area contributed by atoms with E-state index in [1.54, 1.807) is 18.2 Å². The summed E-state index contributed by atoms with van der Waals surface area (Å²) in [6.45, 7) is 1.49. The molecule has 0 saturated carbocycles. The van der Waals surface area contributed by atoms with Gasteiger partial charge in [-0.05, 0) is 18.6 Å². The van der Waals surface area contributed by atoms with E-state index in [1.807, 2.05) is 0 Å². The molecule has 39 heavy (non-hydrogen) atoms. The topological polar surface area (TPSA) is 145 Å². The number of carbonyl (C=O) groups is 2. The fraction of sp³-hybridized carbons (Fsp3) is 0.655. The molecule has 10 nitrogen and oxygen atoms in total. The van der Waals surface area contributed by atoms with Crippen LogP contribution in [0.4, 0.5) is 0 Å². The lowest BCUT2D eigenvalue weighted by Gasteiger charge is -2.23. The predicted octanol–water partition coefficient (Wildman–Crippen LogP) is 6.06. The third kappa shape index (κ3) is 11.2. The van der Waals surface area contributed by atoms with Gasteiger partial charge < -0.3 is 24.4 Å². The minimum Gasteiger partial charge on any atom is -0.499 e. The lowest BCUT2D eigenvalue weighted by Crippen LogP contribution is -2.37. The molecule has 1 aliphatic rings.